The molecule has 1 atom stereocenters. The van der Waals surface area contributed by atoms with Gasteiger partial charge in [0.25, 0.3) is 0 Å². The number of esters is 1. The molecule has 144 valence electrons. The summed E-state index contributed by atoms with van der Waals surface area (Å²) in [4.78, 5) is 18.5. The molecule has 1 aliphatic rings. The molecule has 2 rings (SSSR count). The normalized spacial score (nSPS) is 17.1. The summed E-state index contributed by atoms with van der Waals surface area (Å²) in [5.41, 5.74) is 1.20. The minimum absolute atomic E-state index is 0.00899. The second-order valence-corrected chi connectivity index (χ2v) is 7.70. The van der Waals surface area contributed by atoms with Gasteiger partial charge in [0.15, 0.2) is 5.96 Å². The van der Waals surface area contributed by atoms with Crippen LogP contribution in [0, 0.1) is 5.92 Å². The Hall–Kier alpha value is -1.40. The highest BCUT2D eigenvalue weighted by molar-refractivity contribution is 7.98. The quantitative estimate of drug-likeness (QED) is 0.451. The van der Waals surface area contributed by atoms with Gasteiger partial charge >= 0.3 is 5.97 Å². The average Bonchev–Trinajstić information content (AvgIpc) is 2.66. The molecule has 1 saturated heterocycles. The Kier molecular flexibility index (Phi) is 8.59. The smallest absolute Gasteiger partial charge is 0.309 e. The van der Waals surface area contributed by atoms with Crippen molar-refractivity contribution in [2.24, 2.45) is 10.9 Å². The number of nitrogens with zero attached hydrogens (tertiary/aromatic N) is 2. The number of ether oxygens (including phenoxy) is 1. The van der Waals surface area contributed by atoms with E-state index in [9.17, 15) is 4.79 Å². The van der Waals surface area contributed by atoms with Crippen LogP contribution in [-0.2, 0) is 9.53 Å². The highest BCUT2D eigenvalue weighted by atomic mass is 35.5. The Bertz CT molecular complexity index is 619. The van der Waals surface area contributed by atoms with Crippen LogP contribution in [0.25, 0.3) is 0 Å². The number of likely N-dealkylation sites (tertiary alicyclic amines) is 1. The molecule has 0 amide bonds. The van der Waals surface area contributed by atoms with Crippen LogP contribution >= 0.6 is 23.4 Å². The summed E-state index contributed by atoms with van der Waals surface area (Å²) in [6.45, 7) is 4.68. The van der Waals surface area contributed by atoms with Crippen molar-refractivity contribution >= 4 is 35.3 Å². The summed E-state index contributed by atoms with van der Waals surface area (Å²) in [5.74, 6) is 0.821. The number of hydrogen-bond donors (Lipinski definition) is 1. The Morgan fingerprint density at radius 3 is 2.77 bits per heavy atom. The number of nitrogens with one attached hydrogen (secondary N) is 1. The van der Waals surface area contributed by atoms with Gasteiger partial charge in [0.05, 0.1) is 12.5 Å². The van der Waals surface area contributed by atoms with Gasteiger partial charge in [-0.05, 0) is 43.7 Å². The first-order valence-corrected chi connectivity index (χ1v) is 10.7. The summed E-state index contributed by atoms with van der Waals surface area (Å²) in [6, 6.07) is 7.98. The Balaban J connectivity index is 1.88. The number of aliphatic imine (C=N–C) groups is 1. The maximum absolute atomic E-state index is 11.9. The van der Waals surface area contributed by atoms with E-state index >= 15 is 0 Å². The Labute approximate surface area is 165 Å². The number of hydrogen-bond acceptors (Lipinski definition) is 4. The number of benzene rings is 1. The monoisotopic (exact) mass is 397 g/mol. The van der Waals surface area contributed by atoms with Crippen molar-refractivity contribution in [1.82, 2.24) is 10.2 Å². The zero-order valence-electron chi connectivity index (χ0n) is 15.7. The first kappa shape index (κ1) is 20.9. The number of carbonyl (C=O) groups excluding carboxylic acids is 1. The van der Waals surface area contributed by atoms with E-state index < -0.39 is 0 Å². The van der Waals surface area contributed by atoms with Gasteiger partial charge in [-0.2, -0.15) is 11.8 Å². The SMILES string of the molecule is CCOC(=O)C1CCN(C(=NC)NCC(SC)c2cccc(Cl)c2)CC1. The number of thioether (sulfide) groups is 1. The van der Waals surface area contributed by atoms with Crippen molar-refractivity contribution in [2.45, 2.75) is 25.0 Å². The van der Waals surface area contributed by atoms with Crippen LogP contribution in [0.15, 0.2) is 29.3 Å². The molecule has 7 heteroatoms. The molecular formula is C19H28ClN3O2S. The van der Waals surface area contributed by atoms with E-state index in [1.165, 1.54) is 5.56 Å². The van der Waals surface area contributed by atoms with Crippen molar-refractivity contribution in [3.63, 3.8) is 0 Å². The molecule has 0 radical (unpaired) electrons. The molecule has 26 heavy (non-hydrogen) atoms. The highest BCUT2D eigenvalue weighted by Gasteiger charge is 2.27. The van der Waals surface area contributed by atoms with Crippen LogP contribution in [0.3, 0.4) is 0 Å². The van der Waals surface area contributed by atoms with E-state index in [4.69, 9.17) is 16.3 Å². The van der Waals surface area contributed by atoms with Crippen molar-refractivity contribution in [3.05, 3.63) is 34.9 Å². The molecule has 0 bridgehead atoms. The van der Waals surface area contributed by atoms with Crippen molar-refractivity contribution in [3.8, 4) is 0 Å². The van der Waals surface area contributed by atoms with Crippen LogP contribution in [0.2, 0.25) is 5.02 Å². The third-order valence-electron chi connectivity index (χ3n) is 4.58. The van der Waals surface area contributed by atoms with Gasteiger partial charge in [-0.3, -0.25) is 9.79 Å². The van der Waals surface area contributed by atoms with Gasteiger partial charge in [0, 0.05) is 37.0 Å². The fourth-order valence-corrected chi connectivity index (χ4v) is 4.02. The minimum Gasteiger partial charge on any atom is -0.466 e. The molecule has 0 saturated carbocycles. The molecule has 1 heterocycles. The molecule has 1 unspecified atom stereocenters. The topological polar surface area (TPSA) is 53.9 Å². The summed E-state index contributed by atoms with van der Waals surface area (Å²) in [7, 11) is 1.80. The van der Waals surface area contributed by atoms with Crippen LogP contribution in [-0.4, -0.2) is 56.4 Å². The number of piperidine rings is 1. The summed E-state index contributed by atoms with van der Waals surface area (Å²) in [5, 5.41) is 4.52. The fourth-order valence-electron chi connectivity index (χ4n) is 3.15. The zero-order chi connectivity index (χ0) is 18.9. The zero-order valence-corrected chi connectivity index (χ0v) is 17.3. The van der Waals surface area contributed by atoms with Gasteiger partial charge in [0.2, 0.25) is 0 Å². The van der Waals surface area contributed by atoms with E-state index in [2.05, 4.69) is 27.5 Å². The lowest BCUT2D eigenvalue weighted by atomic mass is 9.97. The standard InChI is InChI=1S/C19H28ClN3O2S/c1-4-25-18(24)14-8-10-23(11-9-14)19(21-2)22-13-17(26-3)15-6-5-7-16(20)12-15/h5-7,12,14,17H,4,8-11,13H2,1-3H3,(H,21,22). The number of guanidine groups is 1. The van der Waals surface area contributed by atoms with Gasteiger partial charge in [-0.25, -0.2) is 0 Å². The molecule has 1 aromatic rings. The highest BCUT2D eigenvalue weighted by Crippen LogP contribution is 2.28. The van der Waals surface area contributed by atoms with E-state index in [0.717, 1.165) is 43.5 Å². The lowest BCUT2D eigenvalue weighted by molar-refractivity contribution is -0.149. The third-order valence-corrected chi connectivity index (χ3v) is 5.82. The van der Waals surface area contributed by atoms with Gasteiger partial charge in [0.1, 0.15) is 0 Å². The molecule has 5 nitrogen and oxygen atoms in total. The Morgan fingerprint density at radius 1 is 1.46 bits per heavy atom. The third kappa shape index (κ3) is 5.81. The summed E-state index contributed by atoms with van der Waals surface area (Å²) < 4.78 is 5.14. The van der Waals surface area contributed by atoms with Crippen LogP contribution < -0.4 is 5.32 Å². The van der Waals surface area contributed by atoms with Crippen molar-refractivity contribution in [1.29, 1.82) is 0 Å². The van der Waals surface area contributed by atoms with E-state index in [1.807, 2.05) is 25.1 Å². The Morgan fingerprint density at radius 2 is 2.19 bits per heavy atom. The lowest BCUT2D eigenvalue weighted by Gasteiger charge is -2.33. The van der Waals surface area contributed by atoms with E-state index in [0.29, 0.717) is 11.9 Å². The van der Waals surface area contributed by atoms with Gasteiger partial charge in [-0.1, -0.05) is 23.7 Å². The van der Waals surface area contributed by atoms with Crippen LogP contribution in [0.5, 0.6) is 0 Å². The fraction of sp³-hybridized carbons (Fsp3) is 0.579. The summed E-state index contributed by atoms with van der Waals surface area (Å²) >= 11 is 7.90. The number of carbonyl (C=O) groups is 1. The minimum atomic E-state index is -0.0708. The largest absolute Gasteiger partial charge is 0.466 e. The average molecular weight is 398 g/mol. The number of rotatable bonds is 6. The predicted octanol–water partition coefficient (Wildman–Crippen LogP) is 3.59. The molecule has 0 aromatic heterocycles. The molecule has 0 aliphatic carbocycles. The molecule has 1 aromatic carbocycles. The van der Waals surface area contributed by atoms with E-state index in [-0.39, 0.29) is 11.9 Å². The first-order chi connectivity index (χ1) is 12.6. The maximum atomic E-state index is 11.9. The van der Waals surface area contributed by atoms with Gasteiger partial charge < -0.3 is 15.0 Å². The first-order valence-electron chi connectivity index (χ1n) is 8.99. The van der Waals surface area contributed by atoms with Crippen LogP contribution in [0.4, 0.5) is 0 Å². The molecule has 1 aliphatic heterocycles. The lowest BCUT2D eigenvalue weighted by Crippen LogP contribution is -2.47. The molecule has 1 N–H and O–H groups in total. The second kappa shape index (κ2) is 10.7. The summed E-state index contributed by atoms with van der Waals surface area (Å²) in [6.07, 6.45) is 3.71. The maximum Gasteiger partial charge on any atom is 0.309 e. The van der Waals surface area contributed by atoms with Crippen molar-refractivity contribution in [2.75, 3.05) is 39.5 Å². The van der Waals surface area contributed by atoms with Crippen LogP contribution in [0.1, 0.15) is 30.6 Å². The van der Waals surface area contributed by atoms with E-state index in [1.54, 1.807) is 18.8 Å². The van der Waals surface area contributed by atoms with Gasteiger partial charge in [-0.15, -0.1) is 0 Å². The predicted molar refractivity (Wildman–Crippen MR) is 110 cm³/mol. The van der Waals surface area contributed by atoms with Crippen molar-refractivity contribution < 1.29 is 9.53 Å². The molecule has 1 fully saturated rings. The number of halogens is 1. The second-order valence-electron chi connectivity index (χ2n) is 6.22. The molecular weight excluding hydrogens is 370 g/mol. The molecule has 0 spiro atoms.